The third-order valence-electron chi connectivity index (χ3n) is 4.09. The van der Waals surface area contributed by atoms with Gasteiger partial charge in [0.05, 0.1) is 10.2 Å². The minimum absolute atomic E-state index is 0.0234. The molecule has 0 N–H and O–H groups in total. The Labute approximate surface area is 159 Å². The number of ketones is 1. The number of methoxy groups -OCH3 is 1. The van der Waals surface area contributed by atoms with Crippen LogP contribution in [-0.4, -0.2) is 34.7 Å². The highest BCUT2D eigenvalue weighted by Gasteiger charge is 2.21. The normalized spacial score (nSPS) is 11.1. The van der Waals surface area contributed by atoms with Crippen LogP contribution < -0.4 is 0 Å². The first kappa shape index (κ1) is 17.5. The van der Waals surface area contributed by atoms with Gasteiger partial charge in [-0.2, -0.15) is 0 Å². The van der Waals surface area contributed by atoms with Crippen LogP contribution in [0.4, 0.5) is 0 Å². The third-order valence-corrected chi connectivity index (χ3v) is 5.11. The lowest BCUT2D eigenvalue weighted by molar-refractivity contribution is 0.100. The molecular weight excluding hydrogens is 362 g/mol. The molecule has 0 aliphatic carbocycles. The van der Waals surface area contributed by atoms with Crippen LogP contribution in [0, 0.1) is 0 Å². The van der Waals surface area contributed by atoms with Gasteiger partial charge in [0.1, 0.15) is 0 Å². The van der Waals surface area contributed by atoms with E-state index in [1.54, 1.807) is 7.11 Å². The molecule has 27 heavy (non-hydrogen) atoms. The van der Waals surface area contributed by atoms with Gasteiger partial charge in [-0.1, -0.05) is 36.4 Å². The summed E-state index contributed by atoms with van der Waals surface area (Å²) in [7, 11) is 1.64. The van der Waals surface area contributed by atoms with Crippen molar-refractivity contribution >= 4 is 27.3 Å². The second kappa shape index (κ2) is 7.77. The van der Waals surface area contributed by atoms with Crippen LogP contribution >= 0.6 is 11.3 Å². The first-order valence-corrected chi connectivity index (χ1v) is 9.38. The molecule has 6 nitrogen and oxygen atoms in total. The lowest BCUT2D eigenvalue weighted by atomic mass is 10.1. The van der Waals surface area contributed by atoms with E-state index in [1.165, 1.54) is 11.3 Å². The lowest BCUT2D eigenvalue weighted by Gasteiger charge is -2.00. The summed E-state index contributed by atoms with van der Waals surface area (Å²) in [6, 6.07) is 16.1. The van der Waals surface area contributed by atoms with Crippen molar-refractivity contribution in [3.63, 3.8) is 0 Å². The SMILES string of the molecule is COCCCc1nnc(C(=O)c2nc3ccc(-c4ccccc4)cc3s2)o1. The van der Waals surface area contributed by atoms with Gasteiger partial charge in [0.2, 0.25) is 5.89 Å². The molecule has 0 fully saturated rings. The van der Waals surface area contributed by atoms with Crippen molar-refractivity contribution in [1.82, 2.24) is 15.2 Å². The molecule has 0 aliphatic heterocycles. The zero-order valence-corrected chi connectivity index (χ0v) is 15.5. The molecule has 136 valence electrons. The van der Waals surface area contributed by atoms with Gasteiger partial charge < -0.3 is 9.15 Å². The number of aryl methyl sites for hydroxylation is 1. The van der Waals surface area contributed by atoms with Crippen LogP contribution in [-0.2, 0) is 11.2 Å². The second-order valence-electron chi connectivity index (χ2n) is 5.99. The zero-order chi connectivity index (χ0) is 18.6. The molecule has 0 saturated heterocycles. The number of hydrogen-bond donors (Lipinski definition) is 0. The fraction of sp³-hybridized carbons (Fsp3) is 0.200. The predicted octanol–water partition coefficient (Wildman–Crippen LogP) is 4.16. The van der Waals surface area contributed by atoms with Gasteiger partial charge in [0.15, 0.2) is 5.01 Å². The van der Waals surface area contributed by atoms with Crippen LogP contribution in [0.25, 0.3) is 21.3 Å². The van der Waals surface area contributed by atoms with Gasteiger partial charge in [0, 0.05) is 20.1 Å². The van der Waals surface area contributed by atoms with Crippen LogP contribution in [0.1, 0.15) is 28.0 Å². The summed E-state index contributed by atoms with van der Waals surface area (Å²) in [6.45, 7) is 0.604. The summed E-state index contributed by atoms with van der Waals surface area (Å²) in [6.07, 6.45) is 1.34. The highest BCUT2D eigenvalue weighted by atomic mass is 32.1. The van der Waals surface area contributed by atoms with Gasteiger partial charge in [-0.15, -0.1) is 21.5 Å². The van der Waals surface area contributed by atoms with Crippen LogP contribution in [0.5, 0.6) is 0 Å². The van der Waals surface area contributed by atoms with Crippen LogP contribution in [0.3, 0.4) is 0 Å². The molecule has 4 aromatic rings. The monoisotopic (exact) mass is 379 g/mol. The second-order valence-corrected chi connectivity index (χ2v) is 7.02. The summed E-state index contributed by atoms with van der Waals surface area (Å²) < 4.78 is 11.4. The summed E-state index contributed by atoms with van der Waals surface area (Å²) >= 11 is 1.33. The molecule has 0 aliphatic rings. The Morgan fingerprint density at radius 1 is 1.11 bits per heavy atom. The van der Waals surface area contributed by atoms with Crippen molar-refractivity contribution < 1.29 is 13.9 Å². The molecule has 4 rings (SSSR count). The third kappa shape index (κ3) is 3.79. The van der Waals surface area contributed by atoms with E-state index in [0.29, 0.717) is 23.9 Å². The number of thiazole rings is 1. The van der Waals surface area contributed by atoms with Gasteiger partial charge >= 0.3 is 0 Å². The molecule has 0 spiro atoms. The predicted molar refractivity (Wildman–Crippen MR) is 103 cm³/mol. The maximum atomic E-state index is 12.6. The lowest BCUT2D eigenvalue weighted by Crippen LogP contribution is -2.00. The quantitative estimate of drug-likeness (QED) is 0.354. The number of fused-ring (bicyclic) bond motifs is 1. The Hall–Kier alpha value is -2.90. The summed E-state index contributed by atoms with van der Waals surface area (Å²) in [5.74, 6) is 0.0654. The number of carbonyl (C=O) groups excluding carboxylic acids is 1. The fourth-order valence-electron chi connectivity index (χ4n) is 2.74. The first-order valence-electron chi connectivity index (χ1n) is 8.56. The van der Waals surface area contributed by atoms with E-state index in [2.05, 4.69) is 27.3 Å². The van der Waals surface area contributed by atoms with Gasteiger partial charge in [0.25, 0.3) is 11.7 Å². The molecule has 0 atom stereocenters. The van der Waals surface area contributed by atoms with Gasteiger partial charge in [-0.05, 0) is 29.7 Å². The molecule has 2 aromatic heterocycles. The van der Waals surface area contributed by atoms with E-state index in [9.17, 15) is 4.79 Å². The topological polar surface area (TPSA) is 78.1 Å². The summed E-state index contributed by atoms with van der Waals surface area (Å²) in [4.78, 5) is 17.1. The van der Waals surface area contributed by atoms with Crippen molar-refractivity contribution in [3.05, 3.63) is 65.3 Å². The van der Waals surface area contributed by atoms with Crippen molar-refractivity contribution in [3.8, 4) is 11.1 Å². The Morgan fingerprint density at radius 3 is 2.78 bits per heavy atom. The summed E-state index contributed by atoms with van der Waals surface area (Å²) in [5, 5.41) is 8.14. The van der Waals surface area contributed by atoms with Crippen molar-refractivity contribution in [2.45, 2.75) is 12.8 Å². The highest BCUT2D eigenvalue weighted by Crippen LogP contribution is 2.29. The molecule has 0 unspecified atom stereocenters. The fourth-order valence-corrected chi connectivity index (χ4v) is 3.67. The minimum atomic E-state index is -0.344. The maximum Gasteiger partial charge on any atom is 0.291 e. The Morgan fingerprint density at radius 2 is 1.96 bits per heavy atom. The van der Waals surface area contributed by atoms with E-state index in [-0.39, 0.29) is 11.7 Å². The maximum absolute atomic E-state index is 12.6. The average Bonchev–Trinajstić information content (AvgIpc) is 3.35. The van der Waals surface area contributed by atoms with Crippen molar-refractivity contribution in [1.29, 1.82) is 0 Å². The molecule has 0 radical (unpaired) electrons. The number of aromatic nitrogens is 3. The molecule has 0 bridgehead atoms. The first-order chi connectivity index (χ1) is 13.2. The van der Waals surface area contributed by atoms with Crippen molar-refractivity contribution in [2.75, 3.05) is 13.7 Å². The zero-order valence-electron chi connectivity index (χ0n) is 14.7. The van der Waals surface area contributed by atoms with Crippen LogP contribution in [0.15, 0.2) is 52.9 Å². The molecule has 7 heteroatoms. The van der Waals surface area contributed by atoms with Crippen LogP contribution in [0.2, 0.25) is 0 Å². The highest BCUT2D eigenvalue weighted by molar-refractivity contribution is 7.20. The van der Waals surface area contributed by atoms with Crippen molar-refractivity contribution in [2.24, 2.45) is 0 Å². The smallest absolute Gasteiger partial charge is 0.291 e. The van der Waals surface area contributed by atoms with E-state index >= 15 is 0 Å². The molecular formula is C20H17N3O3S. The number of hydrogen-bond acceptors (Lipinski definition) is 7. The minimum Gasteiger partial charge on any atom is -0.418 e. The Balaban J connectivity index is 1.57. The number of nitrogens with zero attached hydrogens (tertiary/aromatic N) is 3. The molecule has 2 heterocycles. The Kier molecular flexibility index (Phi) is 5.04. The van der Waals surface area contributed by atoms with E-state index in [4.69, 9.17) is 9.15 Å². The van der Waals surface area contributed by atoms with Gasteiger partial charge in [-0.25, -0.2) is 4.98 Å². The van der Waals surface area contributed by atoms with E-state index in [1.807, 2.05) is 36.4 Å². The number of rotatable bonds is 7. The van der Waals surface area contributed by atoms with E-state index < -0.39 is 0 Å². The number of ether oxygens (including phenoxy) is 1. The average molecular weight is 379 g/mol. The standard InChI is InChI=1S/C20H17N3O3S/c1-25-11-5-8-17-22-23-19(26-17)18(24)20-21-15-10-9-14(12-16(15)27-20)13-6-3-2-4-7-13/h2-4,6-7,9-10,12H,5,8,11H2,1H3. The Bertz CT molecular complexity index is 1070. The summed E-state index contributed by atoms with van der Waals surface area (Å²) in [5.41, 5.74) is 2.99. The van der Waals surface area contributed by atoms with E-state index in [0.717, 1.165) is 27.8 Å². The number of benzene rings is 2. The molecule has 0 saturated carbocycles. The molecule has 0 amide bonds. The largest absolute Gasteiger partial charge is 0.418 e. The number of carbonyl (C=O) groups is 1. The van der Waals surface area contributed by atoms with Gasteiger partial charge in [-0.3, -0.25) is 4.79 Å². The molecule has 2 aromatic carbocycles.